The van der Waals surface area contributed by atoms with Gasteiger partial charge in [0.25, 0.3) is 10.0 Å². The number of anilines is 2. The average Bonchev–Trinajstić information content (AvgIpc) is 3.36. The van der Waals surface area contributed by atoms with Gasteiger partial charge in [-0.2, -0.15) is 0 Å². The molecule has 0 unspecified atom stereocenters. The number of nitrogens with one attached hydrogen (secondary N) is 2. The Morgan fingerprint density at radius 1 is 1.03 bits per heavy atom. The van der Waals surface area contributed by atoms with Crippen LogP contribution in [-0.2, 0) is 21.2 Å². The highest BCUT2D eigenvalue weighted by molar-refractivity contribution is 7.92. The maximum Gasteiger partial charge on any atom is 0.261 e. The number of hydrogen-bond acceptors (Lipinski definition) is 3. The van der Waals surface area contributed by atoms with Crippen molar-refractivity contribution in [3.8, 4) is 0 Å². The third-order valence-corrected chi connectivity index (χ3v) is 7.28. The molecule has 5 rings (SSSR count). The summed E-state index contributed by atoms with van der Waals surface area (Å²) in [6, 6.07) is 18.2. The summed E-state index contributed by atoms with van der Waals surface area (Å²) in [6.07, 6.45) is 2.29. The molecule has 6 nitrogen and oxygen atoms in total. The summed E-state index contributed by atoms with van der Waals surface area (Å²) in [6.45, 7) is 2.79. The zero-order chi connectivity index (χ0) is 21.6. The second-order valence-electron chi connectivity index (χ2n) is 7.83. The lowest BCUT2D eigenvalue weighted by atomic mass is 10.1. The van der Waals surface area contributed by atoms with Crippen molar-refractivity contribution >= 4 is 49.1 Å². The molecule has 7 heteroatoms. The number of para-hydroxylation sites is 1. The lowest BCUT2D eigenvalue weighted by molar-refractivity contribution is -0.117. The Balaban J connectivity index is 1.44. The molecule has 1 aliphatic heterocycles. The quantitative estimate of drug-likeness (QED) is 0.474. The molecule has 0 radical (unpaired) electrons. The Bertz CT molecular complexity index is 1410. The van der Waals surface area contributed by atoms with E-state index in [1.165, 1.54) is 17.7 Å². The van der Waals surface area contributed by atoms with Gasteiger partial charge in [0.2, 0.25) is 5.91 Å². The van der Waals surface area contributed by atoms with Gasteiger partial charge in [0, 0.05) is 40.5 Å². The number of aryl methyl sites for hydroxylation is 1. The zero-order valence-corrected chi connectivity index (χ0v) is 18.0. The highest BCUT2D eigenvalue weighted by atomic mass is 32.2. The molecular formula is C24H23N3O3S. The molecule has 0 saturated carbocycles. The molecule has 158 valence electrons. The van der Waals surface area contributed by atoms with Crippen LogP contribution in [0.3, 0.4) is 0 Å². The van der Waals surface area contributed by atoms with Crippen molar-refractivity contribution in [1.82, 2.24) is 4.98 Å². The third-order valence-electron chi connectivity index (χ3n) is 5.89. The first-order valence-electron chi connectivity index (χ1n) is 10.4. The molecule has 0 atom stereocenters. The van der Waals surface area contributed by atoms with Crippen LogP contribution in [-0.4, -0.2) is 25.9 Å². The van der Waals surface area contributed by atoms with E-state index in [9.17, 15) is 13.2 Å². The topological polar surface area (TPSA) is 82.3 Å². The molecule has 2 heterocycles. The van der Waals surface area contributed by atoms with E-state index in [4.69, 9.17) is 0 Å². The number of aromatic amines is 1. The third kappa shape index (κ3) is 3.45. The minimum Gasteiger partial charge on any atom is -0.354 e. The summed E-state index contributed by atoms with van der Waals surface area (Å²) >= 11 is 0. The van der Waals surface area contributed by atoms with Gasteiger partial charge in [-0.25, -0.2) is 8.42 Å². The highest BCUT2D eigenvalue weighted by Crippen LogP contribution is 2.31. The predicted molar refractivity (Wildman–Crippen MR) is 124 cm³/mol. The first-order chi connectivity index (χ1) is 15.0. The SMILES string of the molecule is CCc1cccc2c1[nH]c1cc(NS(=O)(=O)c3ccc(N4CCCC4=O)cc3)ccc12. The zero-order valence-electron chi connectivity index (χ0n) is 17.2. The van der Waals surface area contributed by atoms with Crippen molar-refractivity contribution in [2.75, 3.05) is 16.2 Å². The molecule has 0 spiro atoms. The summed E-state index contributed by atoms with van der Waals surface area (Å²) in [5.41, 5.74) is 4.43. The summed E-state index contributed by atoms with van der Waals surface area (Å²) in [7, 11) is -3.75. The van der Waals surface area contributed by atoms with E-state index in [1.807, 2.05) is 18.2 Å². The molecule has 3 aromatic carbocycles. The molecule has 1 aliphatic rings. The van der Waals surface area contributed by atoms with Crippen molar-refractivity contribution in [3.63, 3.8) is 0 Å². The van der Waals surface area contributed by atoms with E-state index >= 15 is 0 Å². The lowest BCUT2D eigenvalue weighted by Crippen LogP contribution is -2.23. The Hall–Kier alpha value is -3.32. The van der Waals surface area contributed by atoms with Crippen molar-refractivity contribution in [2.24, 2.45) is 0 Å². The van der Waals surface area contributed by atoms with Gasteiger partial charge >= 0.3 is 0 Å². The molecule has 1 aromatic heterocycles. The van der Waals surface area contributed by atoms with Gasteiger partial charge in [0.05, 0.1) is 10.6 Å². The number of aromatic nitrogens is 1. The van der Waals surface area contributed by atoms with Gasteiger partial charge in [-0.15, -0.1) is 0 Å². The molecule has 1 saturated heterocycles. The fourth-order valence-electron chi connectivity index (χ4n) is 4.29. The number of nitrogens with zero attached hydrogens (tertiary/aromatic N) is 1. The summed E-state index contributed by atoms with van der Waals surface area (Å²) in [5, 5.41) is 2.20. The highest BCUT2D eigenvalue weighted by Gasteiger charge is 2.22. The Morgan fingerprint density at radius 2 is 1.84 bits per heavy atom. The maximum absolute atomic E-state index is 12.9. The molecule has 31 heavy (non-hydrogen) atoms. The largest absolute Gasteiger partial charge is 0.354 e. The Morgan fingerprint density at radius 3 is 2.55 bits per heavy atom. The molecule has 1 amide bonds. The first-order valence-corrected chi connectivity index (χ1v) is 11.9. The number of carbonyl (C=O) groups is 1. The molecule has 0 bridgehead atoms. The van der Waals surface area contributed by atoms with Crippen molar-refractivity contribution in [2.45, 2.75) is 31.1 Å². The van der Waals surface area contributed by atoms with Crippen LogP contribution in [0.4, 0.5) is 11.4 Å². The van der Waals surface area contributed by atoms with Crippen LogP contribution in [0.25, 0.3) is 21.8 Å². The first kappa shape index (κ1) is 19.6. The van der Waals surface area contributed by atoms with Gasteiger partial charge in [-0.1, -0.05) is 31.2 Å². The smallest absolute Gasteiger partial charge is 0.261 e. The Labute approximate surface area is 180 Å². The van der Waals surface area contributed by atoms with Crippen LogP contribution in [0, 0.1) is 0 Å². The number of fused-ring (bicyclic) bond motifs is 3. The second-order valence-corrected chi connectivity index (χ2v) is 9.51. The fourth-order valence-corrected chi connectivity index (χ4v) is 5.34. The molecule has 2 N–H and O–H groups in total. The van der Waals surface area contributed by atoms with E-state index < -0.39 is 10.0 Å². The summed E-state index contributed by atoms with van der Waals surface area (Å²) < 4.78 is 28.5. The average molecular weight is 434 g/mol. The van der Waals surface area contributed by atoms with E-state index in [0.717, 1.165) is 40.3 Å². The minimum absolute atomic E-state index is 0.0756. The van der Waals surface area contributed by atoms with Gasteiger partial charge in [0.15, 0.2) is 0 Å². The van der Waals surface area contributed by atoms with Crippen molar-refractivity contribution in [1.29, 1.82) is 0 Å². The number of benzene rings is 3. The molecule has 4 aromatic rings. The number of rotatable bonds is 5. The van der Waals surface area contributed by atoms with Crippen LogP contribution < -0.4 is 9.62 Å². The normalized spacial score (nSPS) is 14.6. The van der Waals surface area contributed by atoms with Crippen LogP contribution in [0.5, 0.6) is 0 Å². The van der Waals surface area contributed by atoms with Gasteiger partial charge in [-0.05, 0) is 54.8 Å². The van der Waals surface area contributed by atoms with Crippen LogP contribution in [0.1, 0.15) is 25.3 Å². The molecular weight excluding hydrogens is 410 g/mol. The molecule has 0 aliphatic carbocycles. The van der Waals surface area contributed by atoms with E-state index in [0.29, 0.717) is 18.7 Å². The van der Waals surface area contributed by atoms with E-state index in [-0.39, 0.29) is 10.8 Å². The summed E-state index contributed by atoms with van der Waals surface area (Å²) in [5.74, 6) is 0.0756. The Kier molecular flexibility index (Phi) is 4.70. The predicted octanol–water partition coefficient (Wildman–Crippen LogP) is 4.81. The van der Waals surface area contributed by atoms with E-state index in [1.54, 1.807) is 23.1 Å². The van der Waals surface area contributed by atoms with Crippen LogP contribution in [0.15, 0.2) is 65.6 Å². The van der Waals surface area contributed by atoms with Crippen LogP contribution in [0.2, 0.25) is 0 Å². The number of H-pyrrole nitrogens is 1. The number of sulfonamides is 1. The van der Waals surface area contributed by atoms with Gasteiger partial charge < -0.3 is 9.88 Å². The maximum atomic E-state index is 12.9. The summed E-state index contributed by atoms with van der Waals surface area (Å²) in [4.78, 5) is 17.2. The lowest BCUT2D eigenvalue weighted by Gasteiger charge is -2.16. The van der Waals surface area contributed by atoms with Crippen LogP contribution >= 0.6 is 0 Å². The van der Waals surface area contributed by atoms with Crippen molar-refractivity contribution < 1.29 is 13.2 Å². The number of amides is 1. The molecule has 1 fully saturated rings. The minimum atomic E-state index is -3.75. The fraction of sp³-hybridized carbons (Fsp3) is 0.208. The van der Waals surface area contributed by atoms with Crippen molar-refractivity contribution in [3.05, 3.63) is 66.2 Å². The number of hydrogen-bond donors (Lipinski definition) is 2. The number of carbonyl (C=O) groups excluding carboxylic acids is 1. The standard InChI is InChI=1S/C24H23N3O3S/c1-2-16-5-3-6-21-20-13-8-17(15-22(20)25-24(16)21)26-31(29,30)19-11-9-18(10-12-19)27-14-4-7-23(27)28/h3,5-6,8-13,15,25-26H,2,4,7,14H2,1H3. The van der Waals surface area contributed by atoms with E-state index in [2.05, 4.69) is 28.8 Å². The second kappa shape index (κ2) is 7.42. The van der Waals surface area contributed by atoms with Gasteiger partial charge in [0.1, 0.15) is 0 Å². The van der Waals surface area contributed by atoms with Gasteiger partial charge in [-0.3, -0.25) is 9.52 Å². The monoisotopic (exact) mass is 433 g/mol.